The fraction of sp³-hybridized carbons (Fsp3) is 0.158. The maximum atomic E-state index is 14.0. The van der Waals surface area contributed by atoms with Crippen molar-refractivity contribution in [1.29, 1.82) is 0 Å². The molecule has 0 aliphatic heterocycles. The number of nitrogens with one attached hydrogen (secondary N) is 1. The Hall–Kier alpha value is -3.23. The maximum absolute atomic E-state index is 14.0. The number of amides is 1. The molecule has 6 N–H and O–H groups in total. The fourth-order valence-corrected chi connectivity index (χ4v) is 2.78. The van der Waals surface area contributed by atoms with Gasteiger partial charge >= 0.3 is 0 Å². The van der Waals surface area contributed by atoms with Gasteiger partial charge in [-0.1, -0.05) is 12.1 Å². The average molecular weight is 371 g/mol. The molecule has 140 valence electrons. The first-order chi connectivity index (χ1) is 12.9. The first-order valence-electron chi connectivity index (χ1n) is 8.14. The van der Waals surface area contributed by atoms with Crippen LogP contribution in [0.3, 0.4) is 0 Å². The van der Waals surface area contributed by atoms with Crippen LogP contribution in [0, 0.1) is 5.82 Å². The smallest absolute Gasteiger partial charge is 0.251 e. The zero-order chi connectivity index (χ0) is 19.6. The molecule has 7 nitrogen and oxygen atoms in total. The second-order valence-corrected chi connectivity index (χ2v) is 6.03. The second-order valence-electron chi connectivity index (χ2n) is 6.03. The quantitative estimate of drug-likeness (QED) is 0.448. The monoisotopic (exact) mass is 371 g/mol. The number of pyridine rings is 1. The number of aliphatic hydroxyl groups is 2. The lowest BCUT2D eigenvalue weighted by atomic mass is 10.0. The first kappa shape index (κ1) is 18.6. The van der Waals surface area contributed by atoms with Gasteiger partial charge in [0, 0.05) is 16.6 Å². The van der Waals surface area contributed by atoms with Gasteiger partial charge in [-0.25, -0.2) is 9.37 Å². The lowest BCUT2D eigenvalue weighted by Crippen LogP contribution is -2.27. The molecular formula is C19H18FN3O4. The molecule has 27 heavy (non-hydrogen) atoms. The minimum Gasteiger partial charge on any atom is -0.508 e. The number of phenolic OH excluding ortho intramolecular Hbond substituents is 1. The molecule has 3 aromatic rings. The molecule has 0 saturated carbocycles. The predicted molar refractivity (Wildman–Crippen MR) is 98.9 cm³/mol. The summed E-state index contributed by atoms with van der Waals surface area (Å²) in [4.78, 5) is 16.2. The molecule has 0 unspecified atom stereocenters. The highest BCUT2D eigenvalue weighted by atomic mass is 19.1. The third-order valence-electron chi connectivity index (χ3n) is 4.09. The third kappa shape index (κ3) is 3.81. The van der Waals surface area contributed by atoms with Gasteiger partial charge < -0.3 is 26.4 Å². The van der Waals surface area contributed by atoms with Crippen molar-refractivity contribution in [2.45, 2.75) is 6.04 Å². The van der Waals surface area contributed by atoms with Gasteiger partial charge in [0.25, 0.3) is 5.91 Å². The van der Waals surface area contributed by atoms with Gasteiger partial charge in [-0.15, -0.1) is 0 Å². The second kappa shape index (κ2) is 7.56. The van der Waals surface area contributed by atoms with Crippen LogP contribution in [0.15, 0.2) is 42.5 Å². The van der Waals surface area contributed by atoms with E-state index in [1.165, 1.54) is 18.2 Å². The largest absolute Gasteiger partial charge is 0.508 e. The minimum absolute atomic E-state index is 0.0294. The van der Waals surface area contributed by atoms with Crippen LogP contribution in [0.5, 0.6) is 5.75 Å². The van der Waals surface area contributed by atoms with E-state index in [2.05, 4.69) is 10.3 Å². The molecular weight excluding hydrogens is 353 g/mol. The maximum Gasteiger partial charge on any atom is 0.251 e. The van der Waals surface area contributed by atoms with Crippen molar-refractivity contribution in [2.24, 2.45) is 5.73 Å². The molecule has 0 aliphatic carbocycles. The van der Waals surface area contributed by atoms with E-state index in [1.807, 2.05) is 0 Å². The van der Waals surface area contributed by atoms with Gasteiger partial charge in [-0.2, -0.15) is 0 Å². The summed E-state index contributed by atoms with van der Waals surface area (Å²) >= 11 is 0. The Morgan fingerprint density at radius 2 is 1.93 bits per heavy atom. The number of halogens is 1. The van der Waals surface area contributed by atoms with Crippen LogP contribution in [0.25, 0.3) is 22.2 Å². The van der Waals surface area contributed by atoms with E-state index in [9.17, 15) is 24.5 Å². The number of hydrogen-bond acceptors (Lipinski definition) is 6. The van der Waals surface area contributed by atoms with Gasteiger partial charge in [0.2, 0.25) is 0 Å². The normalized spacial score (nSPS) is 11.1. The van der Waals surface area contributed by atoms with Crippen LogP contribution in [0.4, 0.5) is 10.1 Å². The molecule has 0 bridgehead atoms. The van der Waals surface area contributed by atoms with E-state index in [0.717, 1.165) is 6.07 Å². The number of aliphatic hydroxyl groups excluding tert-OH is 2. The summed E-state index contributed by atoms with van der Waals surface area (Å²) in [6.45, 7) is -0.723. The molecule has 0 aliphatic rings. The summed E-state index contributed by atoms with van der Waals surface area (Å²) in [7, 11) is 0. The van der Waals surface area contributed by atoms with Crippen LogP contribution in [0.1, 0.15) is 10.4 Å². The van der Waals surface area contributed by atoms with Crippen molar-refractivity contribution >= 4 is 22.5 Å². The Morgan fingerprint density at radius 1 is 1.19 bits per heavy atom. The number of nitrogens with zero attached hydrogens (tertiary/aromatic N) is 1. The number of nitrogens with two attached hydrogens (primary N) is 1. The minimum atomic E-state index is -0.841. The first-order valence-corrected chi connectivity index (χ1v) is 8.14. The van der Waals surface area contributed by atoms with Crippen molar-refractivity contribution in [3.8, 4) is 17.0 Å². The summed E-state index contributed by atoms with van der Waals surface area (Å²) in [5, 5.41) is 31.6. The van der Waals surface area contributed by atoms with Crippen molar-refractivity contribution in [3.05, 3.63) is 53.8 Å². The number of carbonyl (C=O) groups is 1. The molecule has 3 rings (SSSR count). The summed E-state index contributed by atoms with van der Waals surface area (Å²) in [5.41, 5.74) is 6.76. The van der Waals surface area contributed by atoms with Crippen LogP contribution in [0.2, 0.25) is 0 Å². The van der Waals surface area contributed by atoms with Crippen molar-refractivity contribution in [3.63, 3.8) is 0 Å². The molecule has 1 heterocycles. The summed E-state index contributed by atoms with van der Waals surface area (Å²) in [6.07, 6.45) is 0. The zero-order valence-corrected chi connectivity index (χ0v) is 14.2. The summed E-state index contributed by atoms with van der Waals surface area (Å²) < 4.78 is 14.0. The van der Waals surface area contributed by atoms with Crippen molar-refractivity contribution < 1.29 is 24.5 Å². The fourth-order valence-electron chi connectivity index (χ4n) is 2.78. The Morgan fingerprint density at radius 3 is 2.56 bits per heavy atom. The molecule has 0 fully saturated rings. The molecule has 0 radical (unpaired) electrons. The third-order valence-corrected chi connectivity index (χ3v) is 4.09. The van der Waals surface area contributed by atoms with Gasteiger partial charge in [0.05, 0.1) is 36.0 Å². The lowest BCUT2D eigenvalue weighted by molar-refractivity contribution is 0.100. The molecule has 0 atom stereocenters. The lowest BCUT2D eigenvalue weighted by Gasteiger charge is -2.18. The standard InChI is InChI=1S/C19H18FN3O4/c20-11-5-14-17(22-12(8-24)9-25)7-16(10-2-1-3-13(26)4-10)23-18(14)15(6-11)19(21)27/h1-7,12,24-26H,8-9H2,(H2,21,27)(H,22,23). The number of aromatic nitrogens is 1. The Labute approximate surface area is 153 Å². The SMILES string of the molecule is NC(=O)c1cc(F)cc2c(NC(CO)CO)cc(-c3cccc(O)c3)nc12. The number of rotatable bonds is 6. The number of fused-ring (bicyclic) bond motifs is 1. The van der Waals surface area contributed by atoms with E-state index >= 15 is 0 Å². The summed E-state index contributed by atoms with van der Waals surface area (Å²) in [6, 6.07) is 9.40. The van der Waals surface area contributed by atoms with Gasteiger partial charge in [0.15, 0.2) is 0 Å². The van der Waals surface area contributed by atoms with E-state index in [1.54, 1.807) is 18.2 Å². The number of carbonyl (C=O) groups excluding carboxylic acids is 1. The van der Waals surface area contributed by atoms with E-state index in [-0.39, 0.29) is 35.4 Å². The van der Waals surface area contributed by atoms with Crippen molar-refractivity contribution in [2.75, 3.05) is 18.5 Å². The van der Waals surface area contributed by atoms with Gasteiger partial charge in [0.1, 0.15) is 11.6 Å². The van der Waals surface area contributed by atoms with Gasteiger partial charge in [-0.3, -0.25) is 4.79 Å². The zero-order valence-electron chi connectivity index (χ0n) is 14.2. The Bertz CT molecular complexity index is 1010. The molecule has 8 heteroatoms. The average Bonchev–Trinajstić information content (AvgIpc) is 2.65. The molecule has 2 aromatic carbocycles. The number of aromatic hydroxyl groups is 1. The number of anilines is 1. The van der Waals surface area contributed by atoms with E-state index < -0.39 is 17.8 Å². The highest BCUT2D eigenvalue weighted by molar-refractivity contribution is 6.08. The molecule has 0 saturated heterocycles. The van der Waals surface area contributed by atoms with Crippen LogP contribution in [-0.2, 0) is 0 Å². The molecule has 1 aromatic heterocycles. The number of phenols is 1. The highest BCUT2D eigenvalue weighted by Crippen LogP contribution is 2.32. The van der Waals surface area contributed by atoms with Crippen LogP contribution >= 0.6 is 0 Å². The molecule has 1 amide bonds. The number of primary amides is 1. The number of hydrogen-bond donors (Lipinski definition) is 5. The summed E-state index contributed by atoms with van der Waals surface area (Å²) in [5.74, 6) is -1.48. The van der Waals surface area contributed by atoms with Crippen LogP contribution in [-0.4, -0.2) is 45.5 Å². The van der Waals surface area contributed by atoms with E-state index in [4.69, 9.17) is 5.73 Å². The highest BCUT2D eigenvalue weighted by Gasteiger charge is 2.17. The Kier molecular flexibility index (Phi) is 5.20. The predicted octanol–water partition coefficient (Wildman–Crippen LogP) is 1.61. The van der Waals surface area contributed by atoms with E-state index in [0.29, 0.717) is 16.9 Å². The van der Waals surface area contributed by atoms with Gasteiger partial charge in [-0.05, 0) is 30.3 Å². The molecule has 0 spiro atoms. The Balaban J connectivity index is 2.30. The van der Waals surface area contributed by atoms with Crippen molar-refractivity contribution in [1.82, 2.24) is 4.98 Å². The number of benzene rings is 2. The van der Waals surface area contributed by atoms with Crippen LogP contribution < -0.4 is 11.1 Å². The topological polar surface area (TPSA) is 129 Å².